The van der Waals surface area contributed by atoms with Gasteiger partial charge in [0, 0.05) is 25.0 Å². The topological polar surface area (TPSA) is 76.3 Å². The maximum absolute atomic E-state index is 13.2. The molecule has 0 aliphatic carbocycles. The van der Waals surface area contributed by atoms with Crippen LogP contribution in [0, 0.1) is 25.2 Å². The Morgan fingerprint density at radius 1 is 1.25 bits per heavy atom. The van der Waals surface area contributed by atoms with E-state index in [9.17, 15) is 23.2 Å². The van der Waals surface area contributed by atoms with Crippen LogP contribution in [0.4, 0.5) is 18.9 Å². The first kappa shape index (κ1) is 25.0. The number of benzene rings is 1. The summed E-state index contributed by atoms with van der Waals surface area (Å²) in [5.74, 6) is -0.787. The minimum atomic E-state index is -4.60. The van der Waals surface area contributed by atoms with Gasteiger partial charge in [-0.2, -0.15) is 18.4 Å². The number of methoxy groups -OCH3 is 1. The number of amides is 1. The molecule has 0 aliphatic rings. The zero-order valence-electron chi connectivity index (χ0n) is 18.5. The number of aromatic nitrogens is 1. The van der Waals surface area contributed by atoms with Gasteiger partial charge in [0.2, 0.25) is 0 Å². The van der Waals surface area contributed by atoms with E-state index in [1.165, 1.54) is 13.2 Å². The number of aryl methyl sites for hydroxylation is 1. The predicted octanol–water partition coefficient (Wildman–Crippen LogP) is 5.10. The first-order valence-electron chi connectivity index (χ1n) is 10.0. The third kappa shape index (κ3) is 6.14. The monoisotopic (exact) mass is 449 g/mol. The number of alkyl halides is 3. The molecule has 0 spiro atoms. The molecule has 32 heavy (non-hydrogen) atoms. The Morgan fingerprint density at radius 2 is 1.97 bits per heavy atom. The third-order valence-corrected chi connectivity index (χ3v) is 4.83. The summed E-state index contributed by atoms with van der Waals surface area (Å²) < 4.78 is 51.9. The van der Waals surface area contributed by atoms with Crippen LogP contribution in [0.15, 0.2) is 29.8 Å². The molecule has 1 N–H and O–H groups in total. The van der Waals surface area contributed by atoms with Crippen molar-refractivity contribution in [3.63, 3.8) is 0 Å². The van der Waals surface area contributed by atoms with E-state index in [-0.39, 0.29) is 30.2 Å². The second-order valence-electron chi connectivity index (χ2n) is 7.15. The fourth-order valence-corrected chi connectivity index (χ4v) is 3.20. The van der Waals surface area contributed by atoms with Crippen LogP contribution in [0.1, 0.15) is 35.9 Å². The van der Waals surface area contributed by atoms with Crippen LogP contribution < -0.4 is 10.1 Å². The van der Waals surface area contributed by atoms with Gasteiger partial charge in [-0.05, 0) is 56.2 Å². The molecule has 0 saturated heterocycles. The van der Waals surface area contributed by atoms with Crippen LogP contribution >= 0.6 is 0 Å². The quantitative estimate of drug-likeness (QED) is 0.328. The number of rotatable bonds is 9. The Hall–Kier alpha value is -3.25. The second kappa shape index (κ2) is 10.9. The van der Waals surface area contributed by atoms with E-state index in [4.69, 9.17) is 9.47 Å². The third-order valence-electron chi connectivity index (χ3n) is 4.83. The molecule has 0 saturated carbocycles. The minimum absolute atomic E-state index is 0.0433. The Balaban J connectivity index is 2.37. The van der Waals surface area contributed by atoms with E-state index in [1.807, 2.05) is 32.9 Å². The summed E-state index contributed by atoms with van der Waals surface area (Å²) in [5, 5.41) is 11.9. The minimum Gasteiger partial charge on any atom is -0.489 e. The second-order valence-corrected chi connectivity index (χ2v) is 7.15. The number of nitriles is 1. The number of carbonyl (C=O) groups is 1. The summed E-state index contributed by atoms with van der Waals surface area (Å²) >= 11 is 0. The van der Waals surface area contributed by atoms with Crippen LogP contribution in [0.5, 0.6) is 5.75 Å². The van der Waals surface area contributed by atoms with Crippen molar-refractivity contribution in [2.75, 3.05) is 25.6 Å². The smallest absolute Gasteiger partial charge is 0.416 e. The van der Waals surface area contributed by atoms with Gasteiger partial charge in [0.1, 0.15) is 24.0 Å². The molecule has 9 heteroatoms. The molecule has 0 aliphatic heterocycles. The highest BCUT2D eigenvalue weighted by Gasteiger charge is 2.31. The Morgan fingerprint density at radius 3 is 2.56 bits per heavy atom. The molecule has 0 fully saturated rings. The van der Waals surface area contributed by atoms with E-state index < -0.39 is 17.6 Å². The summed E-state index contributed by atoms with van der Waals surface area (Å²) in [4.78, 5) is 12.7. The van der Waals surface area contributed by atoms with Gasteiger partial charge < -0.3 is 19.4 Å². The fourth-order valence-electron chi connectivity index (χ4n) is 3.20. The van der Waals surface area contributed by atoms with Gasteiger partial charge in [-0.3, -0.25) is 4.79 Å². The molecule has 0 unspecified atom stereocenters. The molecule has 1 aromatic heterocycles. The van der Waals surface area contributed by atoms with Crippen molar-refractivity contribution >= 4 is 17.7 Å². The van der Waals surface area contributed by atoms with Crippen molar-refractivity contribution in [1.82, 2.24) is 4.57 Å². The molecular formula is C23H26F3N3O3. The number of ether oxygens (including phenoxy) is 2. The first-order chi connectivity index (χ1) is 15.1. The number of nitrogens with one attached hydrogen (secondary N) is 1. The molecule has 1 heterocycles. The van der Waals surface area contributed by atoms with Crippen molar-refractivity contribution in [2.24, 2.45) is 0 Å². The number of hydrogen-bond acceptors (Lipinski definition) is 4. The van der Waals surface area contributed by atoms with Gasteiger partial charge >= 0.3 is 6.18 Å². The van der Waals surface area contributed by atoms with Crippen LogP contribution in [-0.2, 0) is 22.3 Å². The van der Waals surface area contributed by atoms with Crippen molar-refractivity contribution in [2.45, 2.75) is 39.9 Å². The first-order valence-corrected chi connectivity index (χ1v) is 10.0. The molecule has 0 bridgehead atoms. The number of carbonyl (C=O) groups excluding carboxylic acids is 1. The molecule has 0 radical (unpaired) electrons. The molecule has 0 atom stereocenters. The maximum Gasteiger partial charge on any atom is 0.416 e. The van der Waals surface area contributed by atoms with Crippen molar-refractivity contribution in [3.8, 4) is 11.8 Å². The highest BCUT2D eigenvalue weighted by Crippen LogP contribution is 2.35. The number of nitrogens with zero attached hydrogens (tertiary/aromatic N) is 2. The van der Waals surface area contributed by atoms with E-state index in [0.717, 1.165) is 42.6 Å². The van der Waals surface area contributed by atoms with E-state index >= 15 is 0 Å². The molecule has 1 aromatic carbocycles. The molecule has 6 nitrogen and oxygen atoms in total. The summed E-state index contributed by atoms with van der Waals surface area (Å²) in [6.45, 7) is 6.95. The number of anilines is 1. The summed E-state index contributed by atoms with van der Waals surface area (Å²) in [6, 6.07) is 6.46. The van der Waals surface area contributed by atoms with Gasteiger partial charge in [-0.25, -0.2) is 0 Å². The van der Waals surface area contributed by atoms with Crippen LogP contribution in [0.25, 0.3) is 6.08 Å². The average molecular weight is 449 g/mol. The maximum atomic E-state index is 13.2. The number of hydrogen-bond donors (Lipinski definition) is 1. The summed E-state index contributed by atoms with van der Waals surface area (Å²) in [7, 11) is 1.46. The van der Waals surface area contributed by atoms with Crippen LogP contribution in [-0.4, -0.2) is 30.8 Å². The molecule has 172 valence electrons. The highest BCUT2D eigenvalue weighted by atomic mass is 19.4. The normalized spacial score (nSPS) is 11.9. The summed E-state index contributed by atoms with van der Waals surface area (Å²) in [6.07, 6.45) is -2.25. The lowest BCUT2D eigenvalue weighted by Gasteiger charge is -2.15. The molecule has 2 rings (SSSR count). The Kier molecular flexibility index (Phi) is 8.49. The Labute approximate surface area is 185 Å². The lowest BCUT2D eigenvalue weighted by Crippen LogP contribution is -2.16. The van der Waals surface area contributed by atoms with Gasteiger partial charge in [0.15, 0.2) is 0 Å². The molecular weight excluding hydrogens is 423 g/mol. The fraction of sp³-hybridized carbons (Fsp3) is 0.391. The zero-order chi connectivity index (χ0) is 23.9. The largest absolute Gasteiger partial charge is 0.489 e. The van der Waals surface area contributed by atoms with Crippen molar-refractivity contribution in [3.05, 3.63) is 52.4 Å². The predicted molar refractivity (Wildman–Crippen MR) is 115 cm³/mol. The van der Waals surface area contributed by atoms with Crippen LogP contribution in [0.2, 0.25) is 0 Å². The van der Waals surface area contributed by atoms with Crippen molar-refractivity contribution in [1.29, 1.82) is 5.26 Å². The zero-order valence-corrected chi connectivity index (χ0v) is 18.5. The van der Waals surface area contributed by atoms with E-state index in [2.05, 4.69) is 9.88 Å². The summed E-state index contributed by atoms with van der Waals surface area (Å²) in [5.41, 5.74) is 1.22. The average Bonchev–Trinajstić information content (AvgIpc) is 3.00. The van der Waals surface area contributed by atoms with Crippen LogP contribution in [0.3, 0.4) is 0 Å². The van der Waals surface area contributed by atoms with Crippen molar-refractivity contribution < 1.29 is 27.4 Å². The number of halogens is 3. The highest BCUT2D eigenvalue weighted by molar-refractivity contribution is 6.10. The standard InChI is InChI=1S/C23H26F3N3O3/c1-5-8-29-15(2)11-17(16(29)3)12-18(14-27)22(30)28-20-13-19(23(24,25)26)6-7-21(20)32-10-9-31-4/h6-7,11-13H,5,8-10H2,1-4H3,(H,28,30)/b18-12+. The van der Waals surface area contributed by atoms with E-state index in [0.29, 0.717) is 5.56 Å². The van der Waals surface area contributed by atoms with E-state index in [1.54, 1.807) is 0 Å². The Bertz CT molecular complexity index is 1030. The molecule has 1 amide bonds. The SMILES string of the molecule is CCCn1c(C)cc(/C=C(\C#N)C(=O)Nc2cc(C(F)(F)F)ccc2OCCOC)c1C. The lowest BCUT2D eigenvalue weighted by molar-refractivity contribution is -0.137. The molecule has 2 aromatic rings. The van der Waals surface area contributed by atoms with Gasteiger partial charge in [0.25, 0.3) is 5.91 Å². The van der Waals surface area contributed by atoms with Gasteiger partial charge in [0.05, 0.1) is 17.9 Å². The lowest BCUT2D eigenvalue weighted by atomic mass is 10.1. The van der Waals surface area contributed by atoms with Gasteiger partial charge in [-0.1, -0.05) is 6.92 Å². The van der Waals surface area contributed by atoms with Gasteiger partial charge in [-0.15, -0.1) is 0 Å².